The summed E-state index contributed by atoms with van der Waals surface area (Å²) in [5.41, 5.74) is 6.28. The van der Waals surface area contributed by atoms with Gasteiger partial charge in [-0.25, -0.2) is 0 Å². The molecule has 0 aliphatic heterocycles. The first-order valence-corrected chi connectivity index (χ1v) is 4.09. The number of primary amides is 1. The maximum Gasteiger partial charge on any atom is 0.248 e. The molecular weight excluding hydrogens is 184 g/mol. The Morgan fingerprint density at radius 1 is 1.38 bits per heavy atom. The molecule has 0 spiro atoms. The number of nitrogens with two attached hydrogens (primary N) is 1. The van der Waals surface area contributed by atoms with Gasteiger partial charge < -0.3 is 5.73 Å². The predicted octanol–water partition coefficient (Wildman–Crippen LogP) is 1.49. The van der Waals surface area contributed by atoms with Crippen molar-refractivity contribution in [3.63, 3.8) is 0 Å². The molecule has 0 bridgehead atoms. The minimum atomic E-state index is -0.439. The summed E-state index contributed by atoms with van der Waals surface area (Å²) in [6.07, 6.45) is 1.51. The van der Waals surface area contributed by atoms with E-state index in [2.05, 4.69) is 17.2 Å². The maximum absolute atomic E-state index is 10.7. The maximum atomic E-state index is 10.7. The molecule has 13 heavy (non-hydrogen) atoms. The minimum absolute atomic E-state index is 0.439. The van der Waals surface area contributed by atoms with Gasteiger partial charge in [0.05, 0.1) is 5.69 Å². The summed E-state index contributed by atoms with van der Waals surface area (Å²) < 4.78 is 0. The lowest BCUT2D eigenvalue weighted by Gasteiger charge is -1.95. The molecule has 1 rings (SSSR count). The van der Waals surface area contributed by atoms with Gasteiger partial charge >= 0.3 is 0 Å². The van der Waals surface area contributed by atoms with Gasteiger partial charge in [0, 0.05) is 17.1 Å². The van der Waals surface area contributed by atoms with E-state index >= 15 is 0 Å². The fourth-order valence-electron chi connectivity index (χ4n) is 0.828. The van der Waals surface area contributed by atoms with Crippen molar-refractivity contribution < 1.29 is 4.79 Å². The van der Waals surface area contributed by atoms with E-state index < -0.39 is 5.91 Å². The van der Waals surface area contributed by atoms with E-state index in [0.717, 1.165) is 5.69 Å². The SMILES string of the molecule is NC(=O)c1ccc(N=CC=S)cc1. The molecule has 0 aliphatic rings. The molecule has 0 unspecified atom stereocenters. The number of benzene rings is 1. The Labute approximate surface area is 81.3 Å². The highest BCUT2D eigenvalue weighted by Crippen LogP contribution is 2.11. The molecule has 0 radical (unpaired) electrons. The summed E-state index contributed by atoms with van der Waals surface area (Å²) in [7, 11) is 0. The highest BCUT2D eigenvalue weighted by Gasteiger charge is 1.97. The Balaban J connectivity index is 2.87. The monoisotopic (exact) mass is 192 g/mol. The highest BCUT2D eigenvalue weighted by molar-refractivity contribution is 7.80. The van der Waals surface area contributed by atoms with Crippen LogP contribution in [0.1, 0.15) is 10.4 Å². The van der Waals surface area contributed by atoms with Crippen LogP contribution in [0.2, 0.25) is 0 Å². The van der Waals surface area contributed by atoms with E-state index in [1.165, 1.54) is 11.6 Å². The Morgan fingerprint density at radius 2 is 2.00 bits per heavy atom. The number of hydrogen-bond donors (Lipinski definition) is 1. The second-order valence-electron chi connectivity index (χ2n) is 2.33. The molecular formula is C9H8N2OS. The van der Waals surface area contributed by atoms with Gasteiger partial charge in [-0.05, 0) is 24.3 Å². The van der Waals surface area contributed by atoms with Crippen LogP contribution in [0.3, 0.4) is 0 Å². The molecule has 1 aromatic carbocycles. The third-order valence-corrected chi connectivity index (χ3v) is 1.56. The number of thiocarbonyl (C=S) groups is 1. The van der Waals surface area contributed by atoms with Crippen molar-refractivity contribution >= 4 is 35.4 Å². The Morgan fingerprint density at radius 3 is 2.46 bits per heavy atom. The van der Waals surface area contributed by atoms with E-state index in [0.29, 0.717) is 5.56 Å². The van der Waals surface area contributed by atoms with Crippen LogP contribution in [-0.4, -0.2) is 17.5 Å². The lowest BCUT2D eigenvalue weighted by Crippen LogP contribution is -2.10. The van der Waals surface area contributed by atoms with Crippen molar-refractivity contribution in [3.05, 3.63) is 29.8 Å². The summed E-state index contributed by atoms with van der Waals surface area (Å²) in [4.78, 5) is 14.7. The summed E-state index contributed by atoms with van der Waals surface area (Å²) >= 11 is 4.57. The first-order chi connectivity index (χ1) is 6.24. The summed E-state index contributed by atoms with van der Waals surface area (Å²) in [5.74, 6) is -0.439. The zero-order valence-electron chi connectivity index (χ0n) is 6.81. The number of hydrogen-bond acceptors (Lipinski definition) is 3. The van der Waals surface area contributed by atoms with Crippen LogP contribution < -0.4 is 5.73 Å². The molecule has 66 valence electrons. The second-order valence-corrected chi connectivity index (χ2v) is 2.60. The quantitative estimate of drug-likeness (QED) is 0.582. The van der Waals surface area contributed by atoms with Gasteiger partial charge in [-0.3, -0.25) is 9.79 Å². The molecule has 1 aromatic rings. The van der Waals surface area contributed by atoms with E-state index in [4.69, 9.17) is 5.73 Å². The minimum Gasteiger partial charge on any atom is -0.366 e. The van der Waals surface area contributed by atoms with E-state index in [9.17, 15) is 4.79 Å². The molecule has 4 heteroatoms. The molecule has 2 N–H and O–H groups in total. The standard InChI is InChI=1S/C9H8N2OS/c10-9(12)7-1-3-8(4-2-7)11-5-6-13/h1-6H,(H2,10,12). The van der Waals surface area contributed by atoms with E-state index in [1.807, 2.05) is 0 Å². The Kier molecular flexibility index (Phi) is 3.28. The smallest absolute Gasteiger partial charge is 0.248 e. The van der Waals surface area contributed by atoms with Crippen LogP contribution in [0.5, 0.6) is 0 Å². The molecule has 0 atom stereocenters. The van der Waals surface area contributed by atoms with Crippen molar-refractivity contribution in [2.24, 2.45) is 10.7 Å². The number of carbonyl (C=O) groups excluding carboxylic acids is 1. The van der Waals surface area contributed by atoms with Gasteiger partial charge in [-0.1, -0.05) is 12.2 Å². The lowest BCUT2D eigenvalue weighted by molar-refractivity contribution is 0.100. The number of rotatable bonds is 3. The Bertz CT molecular complexity index is 343. The fraction of sp³-hybridized carbons (Fsp3) is 0. The van der Waals surface area contributed by atoms with Gasteiger partial charge in [0.15, 0.2) is 0 Å². The van der Waals surface area contributed by atoms with Crippen molar-refractivity contribution in [1.29, 1.82) is 0 Å². The van der Waals surface area contributed by atoms with E-state index in [-0.39, 0.29) is 0 Å². The van der Waals surface area contributed by atoms with Gasteiger partial charge in [0.2, 0.25) is 5.91 Å². The first kappa shape index (κ1) is 9.54. The highest BCUT2D eigenvalue weighted by atomic mass is 32.1. The fourth-order valence-corrected chi connectivity index (χ4v) is 0.889. The van der Waals surface area contributed by atoms with Crippen LogP contribution in [0.4, 0.5) is 5.69 Å². The van der Waals surface area contributed by atoms with Crippen molar-refractivity contribution in [1.82, 2.24) is 0 Å². The third kappa shape index (κ3) is 2.76. The topological polar surface area (TPSA) is 55.5 Å². The van der Waals surface area contributed by atoms with Gasteiger partial charge in [-0.2, -0.15) is 0 Å². The zero-order chi connectivity index (χ0) is 9.68. The van der Waals surface area contributed by atoms with Crippen molar-refractivity contribution in [2.75, 3.05) is 0 Å². The average Bonchev–Trinajstić information content (AvgIpc) is 2.15. The molecule has 1 amide bonds. The number of nitrogens with zero attached hydrogens (tertiary/aromatic N) is 1. The molecule has 0 aromatic heterocycles. The second kappa shape index (κ2) is 4.47. The molecule has 3 nitrogen and oxygen atoms in total. The predicted molar refractivity (Wildman–Crippen MR) is 56.8 cm³/mol. The normalized spacial score (nSPS) is 10.2. The molecule has 0 aliphatic carbocycles. The Hall–Kier alpha value is -1.55. The average molecular weight is 192 g/mol. The van der Waals surface area contributed by atoms with Crippen LogP contribution in [-0.2, 0) is 0 Å². The molecule has 0 saturated carbocycles. The third-order valence-electron chi connectivity index (χ3n) is 1.44. The zero-order valence-corrected chi connectivity index (χ0v) is 7.62. The van der Waals surface area contributed by atoms with Gasteiger partial charge in [-0.15, -0.1) is 0 Å². The van der Waals surface area contributed by atoms with Crippen LogP contribution in [0, 0.1) is 0 Å². The summed E-state index contributed by atoms with van der Waals surface area (Å²) in [6.45, 7) is 0. The first-order valence-electron chi connectivity index (χ1n) is 3.62. The van der Waals surface area contributed by atoms with Gasteiger partial charge in [0.25, 0.3) is 0 Å². The van der Waals surface area contributed by atoms with Crippen molar-refractivity contribution in [2.45, 2.75) is 0 Å². The molecule has 0 saturated heterocycles. The van der Waals surface area contributed by atoms with Crippen molar-refractivity contribution in [3.8, 4) is 0 Å². The number of amides is 1. The lowest BCUT2D eigenvalue weighted by atomic mass is 10.2. The molecule has 0 fully saturated rings. The van der Waals surface area contributed by atoms with E-state index in [1.54, 1.807) is 24.3 Å². The van der Waals surface area contributed by atoms with Crippen LogP contribution in [0.25, 0.3) is 0 Å². The van der Waals surface area contributed by atoms with Gasteiger partial charge in [0.1, 0.15) is 0 Å². The number of aliphatic imine (C=N–C) groups is 1. The largest absolute Gasteiger partial charge is 0.366 e. The molecule has 0 heterocycles. The van der Waals surface area contributed by atoms with Crippen LogP contribution in [0.15, 0.2) is 29.3 Å². The summed E-state index contributed by atoms with van der Waals surface area (Å²) in [6, 6.07) is 6.65. The summed E-state index contributed by atoms with van der Waals surface area (Å²) in [5, 5.41) is 1.42. The van der Waals surface area contributed by atoms with Crippen LogP contribution >= 0.6 is 12.2 Å². The number of carbonyl (C=O) groups is 1.